The third kappa shape index (κ3) is 2.42. The highest BCUT2D eigenvalue weighted by molar-refractivity contribution is 5.66. The SMILES string of the molecule is O=C(O)NC1(Cc2ccccc2)CC=CC1. The van der Waals surface area contributed by atoms with Crippen molar-refractivity contribution in [3.63, 3.8) is 0 Å². The average molecular weight is 217 g/mol. The predicted molar refractivity (Wildman–Crippen MR) is 62.4 cm³/mol. The fourth-order valence-corrected chi connectivity index (χ4v) is 2.21. The van der Waals surface area contributed by atoms with E-state index in [0.29, 0.717) is 0 Å². The van der Waals surface area contributed by atoms with Crippen LogP contribution in [0.3, 0.4) is 0 Å². The minimum absolute atomic E-state index is 0.340. The predicted octanol–water partition coefficient (Wildman–Crippen LogP) is 2.59. The molecule has 0 aliphatic heterocycles. The van der Waals surface area contributed by atoms with Crippen LogP contribution >= 0.6 is 0 Å². The van der Waals surface area contributed by atoms with Crippen molar-refractivity contribution in [3.8, 4) is 0 Å². The molecule has 1 aliphatic carbocycles. The van der Waals surface area contributed by atoms with E-state index in [4.69, 9.17) is 5.11 Å². The highest BCUT2D eigenvalue weighted by Gasteiger charge is 2.32. The Kier molecular flexibility index (Phi) is 2.95. The van der Waals surface area contributed by atoms with Crippen LogP contribution in [0.5, 0.6) is 0 Å². The summed E-state index contributed by atoms with van der Waals surface area (Å²) in [5, 5.41) is 11.5. The summed E-state index contributed by atoms with van der Waals surface area (Å²) >= 11 is 0. The van der Waals surface area contributed by atoms with Gasteiger partial charge in [-0.25, -0.2) is 4.79 Å². The van der Waals surface area contributed by atoms with Gasteiger partial charge in [0.15, 0.2) is 0 Å². The molecule has 1 aliphatic rings. The molecule has 2 N–H and O–H groups in total. The van der Waals surface area contributed by atoms with Crippen molar-refractivity contribution in [2.24, 2.45) is 0 Å². The summed E-state index contributed by atoms with van der Waals surface area (Å²) in [4.78, 5) is 10.8. The lowest BCUT2D eigenvalue weighted by molar-refractivity contribution is 0.178. The van der Waals surface area contributed by atoms with Crippen molar-refractivity contribution in [2.75, 3.05) is 0 Å². The maximum Gasteiger partial charge on any atom is 0.405 e. The van der Waals surface area contributed by atoms with Crippen LogP contribution < -0.4 is 5.32 Å². The summed E-state index contributed by atoms with van der Waals surface area (Å²) in [5.74, 6) is 0. The van der Waals surface area contributed by atoms with Crippen LogP contribution in [-0.2, 0) is 6.42 Å². The number of carboxylic acid groups (broad SMARTS) is 1. The molecule has 84 valence electrons. The number of hydrogen-bond donors (Lipinski definition) is 2. The lowest BCUT2D eigenvalue weighted by Gasteiger charge is -2.29. The highest BCUT2D eigenvalue weighted by atomic mass is 16.4. The van der Waals surface area contributed by atoms with Crippen LogP contribution in [0, 0.1) is 0 Å². The molecule has 1 aromatic rings. The number of benzene rings is 1. The molecule has 0 atom stereocenters. The van der Waals surface area contributed by atoms with E-state index < -0.39 is 6.09 Å². The molecule has 3 nitrogen and oxygen atoms in total. The zero-order chi connectivity index (χ0) is 11.4. The van der Waals surface area contributed by atoms with E-state index in [1.54, 1.807) is 0 Å². The largest absolute Gasteiger partial charge is 0.465 e. The lowest BCUT2D eigenvalue weighted by atomic mass is 9.88. The van der Waals surface area contributed by atoms with Crippen molar-refractivity contribution in [1.82, 2.24) is 5.32 Å². The first-order chi connectivity index (χ1) is 7.70. The number of hydrogen-bond acceptors (Lipinski definition) is 1. The Bertz CT molecular complexity index is 390. The van der Waals surface area contributed by atoms with Crippen molar-refractivity contribution >= 4 is 6.09 Å². The first-order valence-corrected chi connectivity index (χ1v) is 5.40. The molecule has 1 amide bonds. The molecule has 0 saturated carbocycles. The summed E-state index contributed by atoms with van der Waals surface area (Å²) in [6.45, 7) is 0. The van der Waals surface area contributed by atoms with Crippen molar-refractivity contribution in [2.45, 2.75) is 24.8 Å². The molecule has 0 heterocycles. The Morgan fingerprint density at radius 2 is 1.88 bits per heavy atom. The van der Waals surface area contributed by atoms with E-state index in [1.165, 1.54) is 5.56 Å². The van der Waals surface area contributed by atoms with Gasteiger partial charge in [0.2, 0.25) is 0 Å². The standard InChI is InChI=1S/C13H15NO2/c15-12(16)14-13(8-4-5-9-13)10-11-6-2-1-3-7-11/h1-7,14H,8-10H2,(H,15,16). The second-order valence-electron chi connectivity index (χ2n) is 4.25. The lowest BCUT2D eigenvalue weighted by Crippen LogP contribution is -2.47. The zero-order valence-corrected chi connectivity index (χ0v) is 9.02. The number of nitrogens with one attached hydrogen (secondary N) is 1. The summed E-state index contributed by atoms with van der Waals surface area (Å²) in [7, 11) is 0. The maximum atomic E-state index is 10.8. The monoisotopic (exact) mass is 217 g/mol. The molecule has 16 heavy (non-hydrogen) atoms. The fourth-order valence-electron chi connectivity index (χ4n) is 2.21. The van der Waals surface area contributed by atoms with Gasteiger partial charge in [-0.3, -0.25) is 0 Å². The van der Waals surface area contributed by atoms with E-state index in [1.807, 2.05) is 42.5 Å². The molecule has 0 spiro atoms. The van der Waals surface area contributed by atoms with Crippen molar-refractivity contribution < 1.29 is 9.90 Å². The molecule has 0 radical (unpaired) electrons. The van der Waals surface area contributed by atoms with Gasteiger partial charge in [0.1, 0.15) is 0 Å². The van der Waals surface area contributed by atoms with E-state index in [-0.39, 0.29) is 5.54 Å². The Hall–Kier alpha value is -1.77. The quantitative estimate of drug-likeness (QED) is 0.764. The van der Waals surface area contributed by atoms with Gasteiger partial charge in [0.25, 0.3) is 0 Å². The Morgan fingerprint density at radius 1 is 1.25 bits per heavy atom. The van der Waals surface area contributed by atoms with E-state index >= 15 is 0 Å². The van der Waals surface area contributed by atoms with E-state index in [2.05, 4.69) is 5.32 Å². The van der Waals surface area contributed by atoms with E-state index in [0.717, 1.165) is 19.3 Å². The third-order valence-corrected chi connectivity index (χ3v) is 2.94. The summed E-state index contributed by atoms with van der Waals surface area (Å²) in [5.41, 5.74) is 0.827. The van der Waals surface area contributed by atoms with Crippen molar-refractivity contribution in [3.05, 3.63) is 48.0 Å². The van der Waals surface area contributed by atoms with Gasteiger partial charge >= 0.3 is 6.09 Å². The van der Waals surface area contributed by atoms with Gasteiger partial charge in [0, 0.05) is 0 Å². The van der Waals surface area contributed by atoms with Crippen LogP contribution in [0.25, 0.3) is 0 Å². The molecule has 1 aromatic carbocycles. The van der Waals surface area contributed by atoms with Crippen LogP contribution in [0.2, 0.25) is 0 Å². The average Bonchev–Trinajstić information content (AvgIpc) is 2.66. The summed E-state index contributed by atoms with van der Waals surface area (Å²) < 4.78 is 0. The van der Waals surface area contributed by atoms with Gasteiger partial charge in [-0.2, -0.15) is 0 Å². The van der Waals surface area contributed by atoms with Gasteiger partial charge < -0.3 is 10.4 Å². The molecule has 0 unspecified atom stereocenters. The normalized spacial score (nSPS) is 17.2. The molecular weight excluding hydrogens is 202 g/mol. The first-order valence-electron chi connectivity index (χ1n) is 5.40. The second kappa shape index (κ2) is 4.39. The number of amides is 1. The Morgan fingerprint density at radius 3 is 2.44 bits per heavy atom. The number of rotatable bonds is 3. The molecule has 0 fully saturated rings. The molecule has 3 heteroatoms. The van der Waals surface area contributed by atoms with Crippen molar-refractivity contribution in [1.29, 1.82) is 0 Å². The van der Waals surface area contributed by atoms with Gasteiger partial charge in [-0.1, -0.05) is 42.5 Å². The Balaban J connectivity index is 2.12. The molecule has 2 rings (SSSR count). The van der Waals surface area contributed by atoms with E-state index in [9.17, 15) is 4.79 Å². The van der Waals surface area contributed by atoms with Gasteiger partial charge in [0.05, 0.1) is 5.54 Å². The minimum Gasteiger partial charge on any atom is -0.465 e. The zero-order valence-electron chi connectivity index (χ0n) is 9.02. The highest BCUT2D eigenvalue weighted by Crippen LogP contribution is 2.27. The first kappa shape index (κ1) is 10.7. The second-order valence-corrected chi connectivity index (χ2v) is 4.25. The van der Waals surface area contributed by atoms with Crippen LogP contribution in [0.15, 0.2) is 42.5 Å². The topological polar surface area (TPSA) is 49.3 Å². The maximum absolute atomic E-state index is 10.8. The van der Waals surface area contributed by atoms with Gasteiger partial charge in [-0.15, -0.1) is 0 Å². The third-order valence-electron chi connectivity index (χ3n) is 2.94. The molecular formula is C13H15NO2. The smallest absolute Gasteiger partial charge is 0.405 e. The molecule has 0 saturated heterocycles. The molecule has 0 aromatic heterocycles. The number of carbonyl (C=O) groups is 1. The summed E-state index contributed by atoms with van der Waals surface area (Å²) in [6, 6.07) is 9.99. The van der Waals surface area contributed by atoms with Crippen LogP contribution in [-0.4, -0.2) is 16.7 Å². The fraction of sp³-hybridized carbons (Fsp3) is 0.308. The summed E-state index contributed by atoms with van der Waals surface area (Å²) in [6.07, 6.45) is 5.42. The van der Waals surface area contributed by atoms with Crippen LogP contribution in [0.4, 0.5) is 4.79 Å². The Labute approximate surface area is 94.8 Å². The molecule has 0 bridgehead atoms. The minimum atomic E-state index is -0.945. The van der Waals surface area contributed by atoms with Crippen LogP contribution in [0.1, 0.15) is 18.4 Å². The van der Waals surface area contributed by atoms with Gasteiger partial charge in [-0.05, 0) is 24.8 Å².